The second kappa shape index (κ2) is 6.73. The molecule has 0 heterocycles. The molecule has 4 nitrogen and oxygen atoms in total. The van der Waals surface area contributed by atoms with Crippen molar-refractivity contribution in [3.8, 4) is 5.75 Å². The first kappa shape index (κ1) is 14.1. The van der Waals surface area contributed by atoms with Gasteiger partial charge in [-0.3, -0.25) is 0 Å². The number of hydrogen-bond acceptors (Lipinski definition) is 3. The van der Waals surface area contributed by atoms with Crippen molar-refractivity contribution >= 4 is 5.97 Å². The predicted molar refractivity (Wildman–Crippen MR) is 74.9 cm³/mol. The van der Waals surface area contributed by atoms with Crippen LogP contribution in [0.5, 0.6) is 5.75 Å². The van der Waals surface area contributed by atoms with Crippen LogP contribution in [0.3, 0.4) is 0 Å². The van der Waals surface area contributed by atoms with Crippen molar-refractivity contribution in [2.45, 2.75) is 13.5 Å². The molecule has 0 bridgehead atoms. The zero-order valence-electron chi connectivity index (χ0n) is 11.2. The zero-order chi connectivity index (χ0) is 14.4. The van der Waals surface area contributed by atoms with Gasteiger partial charge in [0.15, 0.2) is 6.79 Å². The number of carboxylic acids is 1. The molecule has 2 aromatic rings. The molecule has 20 heavy (non-hydrogen) atoms. The van der Waals surface area contributed by atoms with E-state index in [0.717, 1.165) is 11.1 Å². The second-order valence-corrected chi connectivity index (χ2v) is 4.38. The van der Waals surface area contributed by atoms with E-state index in [-0.39, 0.29) is 12.4 Å². The van der Waals surface area contributed by atoms with Gasteiger partial charge in [-0.25, -0.2) is 4.79 Å². The first-order chi connectivity index (χ1) is 9.66. The van der Waals surface area contributed by atoms with Crippen LogP contribution >= 0.6 is 0 Å². The summed E-state index contributed by atoms with van der Waals surface area (Å²) in [6.45, 7) is 2.40. The van der Waals surface area contributed by atoms with Crippen molar-refractivity contribution in [2.75, 3.05) is 6.79 Å². The van der Waals surface area contributed by atoms with E-state index in [0.29, 0.717) is 12.4 Å². The maximum absolute atomic E-state index is 10.9. The van der Waals surface area contributed by atoms with Crippen molar-refractivity contribution < 1.29 is 19.4 Å². The highest BCUT2D eigenvalue weighted by Crippen LogP contribution is 2.19. The minimum absolute atomic E-state index is 0.0821. The van der Waals surface area contributed by atoms with Gasteiger partial charge in [-0.05, 0) is 30.2 Å². The quantitative estimate of drug-likeness (QED) is 0.648. The highest BCUT2D eigenvalue weighted by Gasteiger charge is 2.07. The summed E-state index contributed by atoms with van der Waals surface area (Å²) in [6.07, 6.45) is 0. The predicted octanol–water partition coefficient (Wildman–Crippen LogP) is 3.25. The SMILES string of the molecule is Cc1ccc(C(=O)O)cc1OCOCc1ccccc1. The zero-order valence-corrected chi connectivity index (χ0v) is 11.2. The third-order valence-corrected chi connectivity index (χ3v) is 2.84. The van der Waals surface area contributed by atoms with E-state index in [2.05, 4.69) is 0 Å². The second-order valence-electron chi connectivity index (χ2n) is 4.38. The Bertz CT molecular complexity index is 578. The van der Waals surface area contributed by atoms with E-state index in [1.54, 1.807) is 12.1 Å². The molecule has 0 aromatic heterocycles. The molecule has 104 valence electrons. The summed E-state index contributed by atoms with van der Waals surface area (Å²) in [5, 5.41) is 8.93. The van der Waals surface area contributed by atoms with Crippen molar-refractivity contribution in [2.24, 2.45) is 0 Å². The van der Waals surface area contributed by atoms with Crippen LogP contribution in [-0.4, -0.2) is 17.9 Å². The molecule has 0 amide bonds. The maximum atomic E-state index is 10.9. The van der Waals surface area contributed by atoms with E-state index in [1.165, 1.54) is 6.07 Å². The molecule has 0 spiro atoms. The van der Waals surface area contributed by atoms with Crippen LogP contribution in [0.2, 0.25) is 0 Å². The molecule has 0 atom stereocenters. The molecule has 0 saturated heterocycles. The van der Waals surface area contributed by atoms with E-state index in [4.69, 9.17) is 14.6 Å². The number of carbonyl (C=O) groups is 1. The molecule has 0 saturated carbocycles. The van der Waals surface area contributed by atoms with Gasteiger partial charge in [0, 0.05) is 0 Å². The monoisotopic (exact) mass is 272 g/mol. The molecule has 0 radical (unpaired) electrons. The van der Waals surface area contributed by atoms with E-state index < -0.39 is 5.97 Å². The number of benzene rings is 2. The average molecular weight is 272 g/mol. The minimum atomic E-state index is -0.972. The summed E-state index contributed by atoms with van der Waals surface area (Å²) in [4.78, 5) is 10.9. The summed E-state index contributed by atoms with van der Waals surface area (Å²) in [5.74, 6) is -0.446. The highest BCUT2D eigenvalue weighted by atomic mass is 16.7. The largest absolute Gasteiger partial charge is 0.478 e. The number of aryl methyl sites for hydroxylation is 1. The number of hydrogen-bond donors (Lipinski definition) is 1. The Balaban J connectivity index is 1.88. The van der Waals surface area contributed by atoms with Crippen LogP contribution in [0.15, 0.2) is 48.5 Å². The molecule has 4 heteroatoms. The lowest BCUT2D eigenvalue weighted by Crippen LogP contribution is -2.05. The van der Waals surface area contributed by atoms with Crippen LogP contribution in [0.4, 0.5) is 0 Å². The van der Waals surface area contributed by atoms with E-state index in [9.17, 15) is 4.79 Å². The van der Waals surface area contributed by atoms with Gasteiger partial charge in [-0.1, -0.05) is 36.4 Å². The summed E-state index contributed by atoms with van der Waals surface area (Å²) >= 11 is 0. The van der Waals surface area contributed by atoms with Crippen LogP contribution in [-0.2, 0) is 11.3 Å². The van der Waals surface area contributed by atoms with Gasteiger partial charge in [0.2, 0.25) is 0 Å². The lowest BCUT2D eigenvalue weighted by atomic mass is 10.1. The average Bonchev–Trinajstić information content (AvgIpc) is 2.46. The Hall–Kier alpha value is -2.33. The van der Waals surface area contributed by atoms with E-state index >= 15 is 0 Å². The normalized spacial score (nSPS) is 10.2. The highest BCUT2D eigenvalue weighted by molar-refractivity contribution is 5.88. The number of carboxylic acid groups (broad SMARTS) is 1. The van der Waals surface area contributed by atoms with Gasteiger partial charge in [0.1, 0.15) is 5.75 Å². The Morgan fingerprint density at radius 1 is 1.15 bits per heavy atom. The van der Waals surface area contributed by atoms with Gasteiger partial charge >= 0.3 is 5.97 Å². The van der Waals surface area contributed by atoms with Gasteiger partial charge < -0.3 is 14.6 Å². The van der Waals surface area contributed by atoms with Gasteiger partial charge in [0.25, 0.3) is 0 Å². The molecular weight excluding hydrogens is 256 g/mol. The number of ether oxygens (including phenoxy) is 2. The topological polar surface area (TPSA) is 55.8 Å². The minimum Gasteiger partial charge on any atom is -0.478 e. The van der Waals surface area contributed by atoms with Crippen LogP contribution < -0.4 is 4.74 Å². The molecule has 0 aliphatic carbocycles. The molecular formula is C16H16O4. The lowest BCUT2D eigenvalue weighted by Gasteiger charge is -2.10. The van der Waals surface area contributed by atoms with Crippen LogP contribution in [0.1, 0.15) is 21.5 Å². The molecule has 0 aliphatic rings. The Morgan fingerprint density at radius 2 is 1.90 bits per heavy atom. The smallest absolute Gasteiger partial charge is 0.335 e. The lowest BCUT2D eigenvalue weighted by molar-refractivity contribution is 0.00459. The third-order valence-electron chi connectivity index (χ3n) is 2.84. The molecule has 2 rings (SSSR count). The van der Waals surface area contributed by atoms with Crippen LogP contribution in [0.25, 0.3) is 0 Å². The summed E-state index contributed by atoms with van der Waals surface area (Å²) in [5.41, 5.74) is 2.14. The van der Waals surface area contributed by atoms with Gasteiger partial charge in [-0.15, -0.1) is 0 Å². The molecule has 1 N–H and O–H groups in total. The fraction of sp³-hybridized carbons (Fsp3) is 0.188. The Morgan fingerprint density at radius 3 is 2.60 bits per heavy atom. The molecule has 2 aromatic carbocycles. The summed E-state index contributed by atoms with van der Waals surface area (Å²) in [7, 11) is 0. The number of aromatic carboxylic acids is 1. The van der Waals surface area contributed by atoms with Crippen molar-refractivity contribution in [3.63, 3.8) is 0 Å². The fourth-order valence-electron chi connectivity index (χ4n) is 1.73. The fourth-order valence-corrected chi connectivity index (χ4v) is 1.73. The first-order valence-electron chi connectivity index (χ1n) is 6.25. The first-order valence-corrected chi connectivity index (χ1v) is 6.25. The van der Waals surface area contributed by atoms with Gasteiger partial charge in [0.05, 0.1) is 12.2 Å². The Kier molecular flexibility index (Phi) is 4.74. The van der Waals surface area contributed by atoms with Crippen molar-refractivity contribution in [1.82, 2.24) is 0 Å². The third kappa shape index (κ3) is 3.83. The molecule has 0 fully saturated rings. The maximum Gasteiger partial charge on any atom is 0.335 e. The van der Waals surface area contributed by atoms with Crippen molar-refractivity contribution in [3.05, 3.63) is 65.2 Å². The Labute approximate surface area is 117 Å². The van der Waals surface area contributed by atoms with E-state index in [1.807, 2.05) is 37.3 Å². The van der Waals surface area contributed by atoms with Crippen molar-refractivity contribution in [1.29, 1.82) is 0 Å². The summed E-state index contributed by atoms with van der Waals surface area (Å²) in [6, 6.07) is 14.5. The summed E-state index contributed by atoms with van der Waals surface area (Å²) < 4.78 is 10.9. The molecule has 0 aliphatic heterocycles. The standard InChI is InChI=1S/C16H16O4/c1-12-7-8-14(16(17)18)9-15(12)20-11-19-10-13-5-3-2-4-6-13/h2-9H,10-11H2,1H3,(H,17,18). The van der Waals surface area contributed by atoms with Crippen LogP contribution in [0, 0.1) is 6.92 Å². The van der Waals surface area contributed by atoms with Gasteiger partial charge in [-0.2, -0.15) is 0 Å². The molecule has 0 unspecified atom stereocenters. The number of rotatable bonds is 6.